The van der Waals surface area contributed by atoms with Gasteiger partial charge < -0.3 is 4.74 Å². The molecule has 2 nitrogen and oxygen atoms in total. The molecule has 2 aliphatic heterocycles. The zero-order chi connectivity index (χ0) is 19.4. The van der Waals surface area contributed by atoms with Crippen LogP contribution in [-0.2, 0) is 6.42 Å². The predicted octanol–water partition coefficient (Wildman–Crippen LogP) is 6.19. The van der Waals surface area contributed by atoms with Crippen LogP contribution in [0.5, 0.6) is 5.75 Å². The van der Waals surface area contributed by atoms with Crippen LogP contribution < -0.4 is 4.74 Å². The van der Waals surface area contributed by atoms with Gasteiger partial charge in [0.15, 0.2) is 6.23 Å². The molecule has 0 aromatic heterocycles. The van der Waals surface area contributed by atoms with Crippen molar-refractivity contribution in [3.05, 3.63) is 113 Å². The third-order valence-corrected chi connectivity index (χ3v) is 6.43. The summed E-state index contributed by atoms with van der Waals surface area (Å²) in [6.45, 7) is 3.14. The molecular weight excluding hydrogens is 354 g/mol. The molecule has 0 radical (unpaired) electrons. The quantitative estimate of drug-likeness (QED) is 0.392. The summed E-state index contributed by atoms with van der Waals surface area (Å²) in [5.74, 6) is 1.01. The second-order valence-electron chi connectivity index (χ2n) is 8.17. The molecule has 0 fully saturated rings. The van der Waals surface area contributed by atoms with Gasteiger partial charge in [0.25, 0.3) is 0 Å². The van der Waals surface area contributed by atoms with Gasteiger partial charge in [-0.3, -0.25) is 4.90 Å². The minimum Gasteiger partial charge on any atom is -0.470 e. The lowest BCUT2D eigenvalue weighted by atomic mass is 9.86. The van der Waals surface area contributed by atoms with Crippen LogP contribution in [0.2, 0.25) is 0 Å². The lowest BCUT2D eigenvalue weighted by Crippen LogP contribution is -2.44. The second kappa shape index (κ2) is 6.47. The molecule has 0 spiro atoms. The number of rotatable bonds is 1. The molecule has 0 N–H and O–H groups in total. The van der Waals surface area contributed by atoms with E-state index in [1.165, 1.54) is 38.6 Å². The summed E-state index contributed by atoms with van der Waals surface area (Å²) in [6.07, 6.45) is 1.01. The van der Waals surface area contributed by atoms with Crippen LogP contribution in [0, 0.1) is 6.92 Å². The summed E-state index contributed by atoms with van der Waals surface area (Å²) in [5, 5.41) is 2.55. The second-order valence-corrected chi connectivity index (χ2v) is 8.17. The van der Waals surface area contributed by atoms with Crippen molar-refractivity contribution in [1.82, 2.24) is 4.90 Å². The molecular formula is C27H23NO. The van der Waals surface area contributed by atoms with E-state index in [1.807, 2.05) is 0 Å². The van der Waals surface area contributed by atoms with Crippen molar-refractivity contribution >= 4 is 10.8 Å². The van der Waals surface area contributed by atoms with Crippen LogP contribution in [0.15, 0.2) is 84.9 Å². The lowest BCUT2D eigenvalue weighted by molar-refractivity contribution is -0.0260. The van der Waals surface area contributed by atoms with E-state index in [0.717, 1.165) is 18.7 Å². The van der Waals surface area contributed by atoms with Crippen LogP contribution >= 0.6 is 0 Å². The number of fused-ring (bicyclic) bond motifs is 6. The molecule has 0 amide bonds. The summed E-state index contributed by atoms with van der Waals surface area (Å²) in [6, 6.07) is 31.0. The molecule has 142 valence electrons. The van der Waals surface area contributed by atoms with Gasteiger partial charge in [0.1, 0.15) is 5.75 Å². The van der Waals surface area contributed by atoms with E-state index < -0.39 is 0 Å². The summed E-state index contributed by atoms with van der Waals surface area (Å²) in [4.78, 5) is 2.54. The number of aryl methyl sites for hydroxylation is 1. The third kappa shape index (κ3) is 2.60. The van der Waals surface area contributed by atoms with Gasteiger partial charge in [-0.05, 0) is 41.3 Å². The van der Waals surface area contributed by atoms with Gasteiger partial charge in [0.05, 0.1) is 6.04 Å². The van der Waals surface area contributed by atoms with E-state index in [9.17, 15) is 0 Å². The first-order valence-electron chi connectivity index (χ1n) is 10.4. The Bertz CT molecular complexity index is 1210. The summed E-state index contributed by atoms with van der Waals surface area (Å²) in [5.41, 5.74) is 6.62. The third-order valence-electron chi connectivity index (χ3n) is 6.43. The van der Waals surface area contributed by atoms with Crippen molar-refractivity contribution in [3.8, 4) is 5.75 Å². The molecule has 2 heteroatoms. The van der Waals surface area contributed by atoms with Crippen LogP contribution in [0.4, 0.5) is 0 Å². The topological polar surface area (TPSA) is 12.5 Å². The fourth-order valence-electron chi connectivity index (χ4n) is 5.00. The molecule has 0 bridgehead atoms. The minimum atomic E-state index is -0.0417. The van der Waals surface area contributed by atoms with E-state index in [4.69, 9.17) is 4.74 Å². The Balaban J connectivity index is 1.61. The molecule has 0 saturated carbocycles. The normalized spacial score (nSPS) is 20.4. The molecule has 2 heterocycles. The number of nitrogens with zero attached hydrogens (tertiary/aromatic N) is 1. The van der Waals surface area contributed by atoms with Crippen molar-refractivity contribution in [3.63, 3.8) is 0 Å². The SMILES string of the molecule is Cc1ccc(C2c3c(ccc4ccccc34)OC3c4ccccc4CCN32)cc1. The van der Waals surface area contributed by atoms with Gasteiger partial charge in [0.2, 0.25) is 0 Å². The largest absolute Gasteiger partial charge is 0.470 e. The maximum atomic E-state index is 6.67. The minimum absolute atomic E-state index is 0.0417. The standard InChI is InChI=1S/C27H23NO/c1-18-10-12-21(13-11-18)26-25-22-8-4-2-6-19(22)14-15-24(25)29-27-23-9-5-3-7-20(23)16-17-28(26)27/h2-15,26-27H,16-17H2,1H3. The van der Waals surface area contributed by atoms with E-state index in [2.05, 4.69) is 96.8 Å². The zero-order valence-corrected chi connectivity index (χ0v) is 16.5. The Morgan fingerprint density at radius 1 is 0.828 bits per heavy atom. The Morgan fingerprint density at radius 2 is 1.62 bits per heavy atom. The molecule has 6 rings (SSSR count). The van der Waals surface area contributed by atoms with Gasteiger partial charge in [-0.15, -0.1) is 0 Å². The summed E-state index contributed by atoms with van der Waals surface area (Å²) >= 11 is 0. The van der Waals surface area contributed by atoms with Crippen LogP contribution in [-0.4, -0.2) is 11.4 Å². The van der Waals surface area contributed by atoms with E-state index in [0.29, 0.717) is 0 Å². The van der Waals surface area contributed by atoms with Gasteiger partial charge in [-0.25, -0.2) is 0 Å². The first-order valence-corrected chi connectivity index (χ1v) is 10.4. The van der Waals surface area contributed by atoms with Gasteiger partial charge >= 0.3 is 0 Å². The highest BCUT2D eigenvalue weighted by Gasteiger charge is 2.41. The average molecular weight is 377 g/mol. The molecule has 0 aliphatic carbocycles. The molecule has 29 heavy (non-hydrogen) atoms. The van der Waals surface area contributed by atoms with Crippen LogP contribution in [0.1, 0.15) is 40.1 Å². The first-order chi connectivity index (χ1) is 14.3. The number of ether oxygens (including phenoxy) is 1. The Morgan fingerprint density at radius 3 is 2.52 bits per heavy atom. The highest BCUT2D eigenvalue weighted by molar-refractivity contribution is 5.89. The lowest BCUT2D eigenvalue weighted by Gasteiger charge is -2.46. The first kappa shape index (κ1) is 16.8. The van der Waals surface area contributed by atoms with Crippen molar-refractivity contribution in [2.75, 3.05) is 6.54 Å². The monoisotopic (exact) mass is 377 g/mol. The number of hydrogen-bond donors (Lipinski definition) is 0. The maximum Gasteiger partial charge on any atom is 0.180 e. The average Bonchev–Trinajstić information content (AvgIpc) is 2.78. The van der Waals surface area contributed by atoms with E-state index in [-0.39, 0.29) is 12.3 Å². The molecule has 2 unspecified atom stereocenters. The smallest absolute Gasteiger partial charge is 0.180 e. The maximum absolute atomic E-state index is 6.67. The van der Waals surface area contributed by atoms with Gasteiger partial charge in [-0.1, -0.05) is 84.4 Å². The van der Waals surface area contributed by atoms with Crippen molar-refractivity contribution < 1.29 is 4.74 Å². The zero-order valence-electron chi connectivity index (χ0n) is 16.5. The molecule has 2 atom stereocenters. The fourth-order valence-corrected chi connectivity index (χ4v) is 5.00. The number of benzene rings is 4. The molecule has 2 aliphatic rings. The van der Waals surface area contributed by atoms with E-state index in [1.54, 1.807) is 0 Å². The Hall–Kier alpha value is -3.10. The fraction of sp³-hybridized carbons (Fsp3) is 0.185. The summed E-state index contributed by atoms with van der Waals surface area (Å²) < 4.78 is 6.67. The number of hydrogen-bond acceptors (Lipinski definition) is 2. The molecule has 0 saturated heterocycles. The van der Waals surface area contributed by atoms with E-state index >= 15 is 0 Å². The highest BCUT2D eigenvalue weighted by atomic mass is 16.5. The Kier molecular flexibility index (Phi) is 3.75. The molecule has 4 aromatic rings. The van der Waals surface area contributed by atoms with Gasteiger partial charge in [-0.2, -0.15) is 0 Å². The summed E-state index contributed by atoms with van der Waals surface area (Å²) in [7, 11) is 0. The van der Waals surface area contributed by atoms with Crippen LogP contribution in [0.25, 0.3) is 10.8 Å². The van der Waals surface area contributed by atoms with Crippen molar-refractivity contribution in [1.29, 1.82) is 0 Å². The van der Waals surface area contributed by atoms with Gasteiger partial charge in [0, 0.05) is 17.7 Å². The highest BCUT2D eigenvalue weighted by Crippen LogP contribution is 2.49. The van der Waals surface area contributed by atoms with Crippen molar-refractivity contribution in [2.45, 2.75) is 25.6 Å². The van der Waals surface area contributed by atoms with Crippen LogP contribution in [0.3, 0.4) is 0 Å². The van der Waals surface area contributed by atoms with Crippen molar-refractivity contribution in [2.24, 2.45) is 0 Å². The Labute approximate surface area is 171 Å². The predicted molar refractivity (Wildman–Crippen MR) is 117 cm³/mol. The molecule has 4 aromatic carbocycles.